The molecule has 0 fully saturated rings. The Balaban J connectivity index is 1.74. The van der Waals surface area contributed by atoms with Gasteiger partial charge >= 0.3 is 11.9 Å². The van der Waals surface area contributed by atoms with Crippen LogP contribution < -0.4 is 0 Å². The molecule has 0 aliphatic carbocycles. The number of ether oxygens (including phenoxy) is 2. The van der Waals surface area contributed by atoms with Crippen LogP contribution in [0.2, 0.25) is 0 Å². The number of carbonyl (C=O) groups is 2. The van der Waals surface area contributed by atoms with Gasteiger partial charge in [0.25, 0.3) is 0 Å². The summed E-state index contributed by atoms with van der Waals surface area (Å²) in [6.45, 7) is -0.426. The molecular formula is C21H22O6S3. The van der Waals surface area contributed by atoms with Crippen molar-refractivity contribution >= 4 is 51.2 Å². The van der Waals surface area contributed by atoms with E-state index in [1.807, 2.05) is 24.3 Å². The SMILES string of the molecule is O=C(OCCO)c1ccc(CSC(=S)SCc2ccc(C(=O)OCCO)cc2)cc1. The standard InChI is InChI=1S/C21H22O6S3/c22-9-11-26-19(24)17-5-1-15(2-6-17)13-29-21(28)30-14-16-3-7-18(8-4-16)20(25)27-12-10-23/h1-8,22-23H,9-14H2. The first-order chi connectivity index (χ1) is 14.5. The normalized spacial score (nSPS) is 10.5. The molecule has 6 nitrogen and oxygen atoms in total. The second kappa shape index (κ2) is 13.4. The van der Waals surface area contributed by atoms with Crippen LogP contribution in [0.15, 0.2) is 48.5 Å². The Morgan fingerprint density at radius 3 is 1.43 bits per heavy atom. The lowest BCUT2D eigenvalue weighted by Crippen LogP contribution is -2.08. The summed E-state index contributed by atoms with van der Waals surface area (Å²) < 4.78 is 10.5. The fourth-order valence-corrected chi connectivity index (χ4v) is 4.24. The lowest BCUT2D eigenvalue weighted by molar-refractivity contribution is 0.0427. The van der Waals surface area contributed by atoms with Crippen LogP contribution in [0.5, 0.6) is 0 Å². The third-order valence-corrected chi connectivity index (χ3v) is 6.58. The third-order valence-electron chi connectivity index (χ3n) is 3.74. The van der Waals surface area contributed by atoms with Gasteiger partial charge in [-0.1, -0.05) is 36.5 Å². The van der Waals surface area contributed by atoms with Gasteiger partial charge in [-0.15, -0.1) is 23.5 Å². The van der Waals surface area contributed by atoms with Gasteiger partial charge in [0.1, 0.15) is 16.7 Å². The number of thiocarbonyl (C=S) groups is 1. The quantitative estimate of drug-likeness (QED) is 0.403. The van der Waals surface area contributed by atoms with E-state index in [1.165, 1.54) is 0 Å². The van der Waals surface area contributed by atoms with Gasteiger partial charge in [-0.05, 0) is 35.4 Å². The van der Waals surface area contributed by atoms with Crippen molar-refractivity contribution < 1.29 is 29.3 Å². The lowest BCUT2D eigenvalue weighted by atomic mass is 10.1. The molecule has 0 amide bonds. The van der Waals surface area contributed by atoms with Gasteiger partial charge in [-0.25, -0.2) is 9.59 Å². The summed E-state index contributed by atoms with van der Waals surface area (Å²) in [6, 6.07) is 14.2. The van der Waals surface area contributed by atoms with Crippen molar-refractivity contribution in [1.82, 2.24) is 0 Å². The zero-order valence-electron chi connectivity index (χ0n) is 16.1. The summed E-state index contributed by atoms with van der Waals surface area (Å²) in [5, 5.41) is 17.4. The molecule has 0 bridgehead atoms. The molecule has 0 aliphatic heterocycles. The maximum atomic E-state index is 11.7. The van der Waals surface area contributed by atoms with E-state index in [0.29, 0.717) is 22.6 Å². The molecule has 0 aromatic heterocycles. The molecule has 2 aromatic rings. The number of thioether (sulfide) groups is 2. The minimum Gasteiger partial charge on any atom is -0.460 e. The Kier molecular flexibility index (Phi) is 10.9. The molecule has 0 radical (unpaired) electrons. The van der Waals surface area contributed by atoms with Gasteiger partial charge in [-0.2, -0.15) is 0 Å². The monoisotopic (exact) mass is 466 g/mol. The number of hydrogen-bond donors (Lipinski definition) is 2. The van der Waals surface area contributed by atoms with E-state index in [9.17, 15) is 9.59 Å². The van der Waals surface area contributed by atoms with Gasteiger partial charge in [0.15, 0.2) is 0 Å². The molecular weight excluding hydrogens is 444 g/mol. The van der Waals surface area contributed by atoms with Crippen LogP contribution in [0.4, 0.5) is 0 Å². The summed E-state index contributed by atoms with van der Waals surface area (Å²) >= 11 is 8.50. The largest absolute Gasteiger partial charge is 0.460 e. The highest BCUT2D eigenvalue weighted by atomic mass is 32.2. The molecule has 0 spiro atoms. The van der Waals surface area contributed by atoms with Gasteiger partial charge in [0.2, 0.25) is 0 Å². The van der Waals surface area contributed by atoms with E-state index in [0.717, 1.165) is 14.7 Å². The highest BCUT2D eigenvalue weighted by Gasteiger charge is 2.09. The van der Waals surface area contributed by atoms with Crippen molar-refractivity contribution in [1.29, 1.82) is 0 Å². The van der Waals surface area contributed by atoms with Crippen LogP contribution in [0.3, 0.4) is 0 Å². The van der Waals surface area contributed by atoms with Crippen LogP contribution in [0.25, 0.3) is 0 Å². The van der Waals surface area contributed by atoms with Crippen molar-refractivity contribution in [3.05, 3.63) is 70.8 Å². The first-order valence-corrected chi connectivity index (χ1v) is 11.4. The predicted octanol–water partition coefficient (Wildman–Crippen LogP) is 3.44. The molecule has 2 N–H and O–H groups in total. The number of aliphatic hydroxyl groups excluding tert-OH is 2. The Hall–Kier alpha value is -1.91. The van der Waals surface area contributed by atoms with E-state index in [4.69, 9.17) is 31.9 Å². The van der Waals surface area contributed by atoms with Crippen molar-refractivity contribution in [3.63, 3.8) is 0 Å². The van der Waals surface area contributed by atoms with E-state index in [2.05, 4.69) is 0 Å². The zero-order valence-corrected chi connectivity index (χ0v) is 18.6. The van der Waals surface area contributed by atoms with E-state index < -0.39 is 11.9 Å². The molecule has 160 valence electrons. The molecule has 0 saturated heterocycles. The Labute approximate surface area is 189 Å². The fraction of sp³-hybridized carbons (Fsp3) is 0.286. The Bertz CT molecular complexity index is 767. The topological polar surface area (TPSA) is 93.1 Å². The number of aliphatic hydroxyl groups is 2. The van der Waals surface area contributed by atoms with Crippen LogP contribution >= 0.6 is 35.7 Å². The summed E-state index contributed by atoms with van der Waals surface area (Å²) in [6.07, 6.45) is 0. The molecule has 0 aliphatic rings. The minimum absolute atomic E-state index is 0.0154. The number of benzene rings is 2. The summed E-state index contributed by atoms with van der Waals surface area (Å²) in [7, 11) is 0. The summed E-state index contributed by atoms with van der Waals surface area (Å²) in [4.78, 5) is 23.4. The number of esters is 2. The first kappa shape index (κ1) is 24.4. The average Bonchev–Trinajstić information content (AvgIpc) is 2.78. The zero-order chi connectivity index (χ0) is 21.8. The minimum atomic E-state index is -0.456. The molecule has 30 heavy (non-hydrogen) atoms. The lowest BCUT2D eigenvalue weighted by Gasteiger charge is -2.07. The number of hydrogen-bond acceptors (Lipinski definition) is 9. The van der Waals surface area contributed by atoms with Crippen LogP contribution in [-0.2, 0) is 21.0 Å². The molecule has 0 unspecified atom stereocenters. The van der Waals surface area contributed by atoms with Crippen LogP contribution in [0, 0.1) is 0 Å². The predicted molar refractivity (Wildman–Crippen MR) is 123 cm³/mol. The number of carbonyl (C=O) groups excluding carboxylic acids is 2. The summed E-state index contributed by atoms with van der Waals surface area (Å²) in [5.41, 5.74) is 2.95. The molecule has 2 rings (SSSR count). The van der Waals surface area contributed by atoms with Crippen molar-refractivity contribution in [2.75, 3.05) is 26.4 Å². The van der Waals surface area contributed by atoms with E-state index in [1.54, 1.807) is 47.8 Å². The van der Waals surface area contributed by atoms with Gasteiger partial charge in [0, 0.05) is 11.5 Å². The van der Waals surface area contributed by atoms with Crippen LogP contribution in [0.1, 0.15) is 31.8 Å². The maximum Gasteiger partial charge on any atom is 0.338 e. The summed E-state index contributed by atoms with van der Waals surface area (Å²) in [5.74, 6) is 0.463. The van der Waals surface area contributed by atoms with Crippen LogP contribution in [-0.4, -0.2) is 52.1 Å². The van der Waals surface area contributed by atoms with Gasteiger partial charge in [0.05, 0.1) is 24.3 Å². The molecule has 0 atom stereocenters. The molecule has 2 aromatic carbocycles. The Morgan fingerprint density at radius 1 is 0.733 bits per heavy atom. The highest BCUT2D eigenvalue weighted by molar-refractivity contribution is 8.46. The first-order valence-electron chi connectivity index (χ1n) is 9.07. The van der Waals surface area contributed by atoms with Gasteiger partial charge in [-0.3, -0.25) is 0 Å². The van der Waals surface area contributed by atoms with Crippen molar-refractivity contribution in [2.24, 2.45) is 0 Å². The highest BCUT2D eigenvalue weighted by Crippen LogP contribution is 2.25. The second-order valence-corrected chi connectivity index (χ2v) is 9.09. The molecule has 9 heteroatoms. The number of rotatable bonds is 10. The average molecular weight is 467 g/mol. The molecule has 0 saturated carbocycles. The van der Waals surface area contributed by atoms with Crippen molar-refractivity contribution in [3.8, 4) is 0 Å². The third kappa shape index (κ3) is 8.45. The molecule has 0 heterocycles. The van der Waals surface area contributed by atoms with E-state index in [-0.39, 0.29) is 26.4 Å². The van der Waals surface area contributed by atoms with E-state index >= 15 is 0 Å². The second-order valence-electron chi connectivity index (χ2n) is 5.94. The maximum absolute atomic E-state index is 11.7. The fourth-order valence-electron chi connectivity index (χ4n) is 2.24. The van der Waals surface area contributed by atoms with Crippen molar-refractivity contribution in [2.45, 2.75) is 11.5 Å². The smallest absolute Gasteiger partial charge is 0.338 e. The Morgan fingerprint density at radius 2 is 1.10 bits per heavy atom. The van der Waals surface area contributed by atoms with Gasteiger partial charge < -0.3 is 19.7 Å².